The summed E-state index contributed by atoms with van der Waals surface area (Å²) in [5, 5.41) is 0. The number of esters is 1. The second kappa shape index (κ2) is 4.50. The average Bonchev–Trinajstić information content (AvgIpc) is 2.33. The van der Waals surface area contributed by atoms with Gasteiger partial charge in [0, 0.05) is 4.47 Å². The van der Waals surface area contributed by atoms with Crippen LogP contribution < -0.4 is 0 Å². The van der Waals surface area contributed by atoms with Crippen molar-refractivity contribution >= 4 is 27.7 Å². The van der Waals surface area contributed by atoms with Crippen LogP contribution in [0.2, 0.25) is 0 Å². The minimum absolute atomic E-state index is 0.0633. The van der Waals surface area contributed by atoms with E-state index in [0.717, 1.165) is 10.0 Å². The number of carbonyl (C=O) groups excluding carboxylic acids is 2. The summed E-state index contributed by atoms with van der Waals surface area (Å²) in [5.74, 6) is -1.18. The highest BCUT2D eigenvalue weighted by Gasteiger charge is 2.49. The number of rotatable bonds is 1. The molecule has 0 bridgehead atoms. The number of halogens is 1. The van der Waals surface area contributed by atoms with E-state index in [1.807, 2.05) is 38.1 Å². The van der Waals surface area contributed by atoms with Crippen molar-refractivity contribution in [2.45, 2.75) is 26.9 Å². The van der Waals surface area contributed by atoms with Crippen molar-refractivity contribution in [1.82, 2.24) is 0 Å². The van der Waals surface area contributed by atoms with Crippen molar-refractivity contribution in [2.75, 3.05) is 0 Å². The Morgan fingerprint density at radius 1 is 1.17 bits per heavy atom. The van der Waals surface area contributed by atoms with Crippen LogP contribution in [-0.4, -0.2) is 11.8 Å². The number of hydrogen-bond donors (Lipinski definition) is 0. The lowest BCUT2D eigenvalue weighted by Gasteiger charge is -2.39. The van der Waals surface area contributed by atoms with Gasteiger partial charge in [0.25, 0.3) is 0 Å². The molecule has 4 heteroatoms. The van der Waals surface area contributed by atoms with Crippen LogP contribution in [0.15, 0.2) is 28.7 Å². The first-order valence-corrected chi connectivity index (χ1v) is 6.63. The van der Waals surface area contributed by atoms with Crippen LogP contribution in [0.5, 0.6) is 0 Å². The molecule has 0 spiro atoms. The van der Waals surface area contributed by atoms with E-state index in [1.54, 1.807) is 6.92 Å². The highest BCUT2D eigenvalue weighted by Crippen LogP contribution is 2.43. The summed E-state index contributed by atoms with van der Waals surface area (Å²) in [6.45, 7) is 5.25. The fraction of sp³-hybridized carbons (Fsp3) is 0.429. The zero-order valence-corrected chi connectivity index (χ0v) is 12.2. The maximum atomic E-state index is 12.2. The summed E-state index contributed by atoms with van der Waals surface area (Å²) in [6.07, 6.45) is -0.512. The number of Topliss-reactive ketones (excluding diaryl/α,β-unsaturated/α-hetero) is 1. The first-order valence-electron chi connectivity index (χ1n) is 5.84. The number of benzene rings is 1. The first-order chi connectivity index (χ1) is 8.34. The van der Waals surface area contributed by atoms with Crippen LogP contribution in [0.3, 0.4) is 0 Å². The van der Waals surface area contributed by atoms with Crippen LogP contribution >= 0.6 is 15.9 Å². The van der Waals surface area contributed by atoms with E-state index in [1.165, 1.54) is 0 Å². The standard InChI is InChI=1S/C14H15BrO3/c1-8-11(16)14(2,3)12(18-13(8)17)9-4-6-10(15)7-5-9/h4-8,12H,1-3H3. The Labute approximate surface area is 115 Å². The molecule has 0 N–H and O–H groups in total. The van der Waals surface area contributed by atoms with Gasteiger partial charge in [-0.15, -0.1) is 0 Å². The van der Waals surface area contributed by atoms with Gasteiger partial charge in [-0.25, -0.2) is 0 Å². The summed E-state index contributed by atoms with van der Waals surface area (Å²) in [5.41, 5.74) is 0.151. The van der Waals surface area contributed by atoms with Crippen LogP contribution in [0, 0.1) is 11.3 Å². The molecule has 1 aromatic rings. The Balaban J connectivity index is 2.40. The number of hydrogen-bond acceptors (Lipinski definition) is 3. The van der Waals surface area contributed by atoms with Crippen LogP contribution in [0.1, 0.15) is 32.4 Å². The zero-order valence-electron chi connectivity index (χ0n) is 10.6. The largest absolute Gasteiger partial charge is 0.456 e. The highest BCUT2D eigenvalue weighted by molar-refractivity contribution is 9.10. The SMILES string of the molecule is CC1C(=O)OC(c2ccc(Br)cc2)C(C)(C)C1=O. The molecule has 96 valence electrons. The fourth-order valence-corrected chi connectivity index (χ4v) is 2.55. The lowest BCUT2D eigenvalue weighted by molar-refractivity contribution is -0.177. The first kappa shape index (κ1) is 13.3. The molecule has 2 unspecified atom stereocenters. The highest BCUT2D eigenvalue weighted by atomic mass is 79.9. The third-order valence-corrected chi connectivity index (χ3v) is 3.97. The summed E-state index contributed by atoms with van der Waals surface area (Å²) < 4.78 is 6.39. The predicted molar refractivity (Wildman–Crippen MR) is 70.9 cm³/mol. The normalized spacial score (nSPS) is 26.9. The number of ketones is 1. The summed E-state index contributed by atoms with van der Waals surface area (Å²) in [6, 6.07) is 7.49. The fourth-order valence-electron chi connectivity index (χ4n) is 2.28. The van der Waals surface area contributed by atoms with Gasteiger partial charge in [0.2, 0.25) is 0 Å². The average molecular weight is 311 g/mol. The number of carbonyl (C=O) groups is 2. The number of cyclic esters (lactones) is 1. The van der Waals surface area contributed by atoms with Crippen molar-refractivity contribution in [3.63, 3.8) is 0 Å². The van der Waals surface area contributed by atoms with Gasteiger partial charge in [0.15, 0.2) is 5.78 Å². The Morgan fingerprint density at radius 2 is 1.72 bits per heavy atom. The summed E-state index contributed by atoms with van der Waals surface area (Å²) in [7, 11) is 0. The minimum Gasteiger partial charge on any atom is -0.456 e. The van der Waals surface area contributed by atoms with Gasteiger partial charge in [-0.2, -0.15) is 0 Å². The molecule has 1 aromatic carbocycles. The molecule has 0 saturated carbocycles. The van der Waals surface area contributed by atoms with E-state index < -0.39 is 23.4 Å². The van der Waals surface area contributed by atoms with Crippen molar-refractivity contribution in [1.29, 1.82) is 0 Å². The van der Waals surface area contributed by atoms with Crippen LogP contribution in [0.4, 0.5) is 0 Å². The molecule has 3 nitrogen and oxygen atoms in total. The molecule has 1 aliphatic rings. The van der Waals surface area contributed by atoms with Crippen molar-refractivity contribution < 1.29 is 14.3 Å². The molecule has 0 aromatic heterocycles. The Kier molecular flexibility index (Phi) is 3.32. The predicted octanol–water partition coefficient (Wildman–Crippen LogP) is 3.28. The van der Waals surface area contributed by atoms with Gasteiger partial charge < -0.3 is 4.74 Å². The third-order valence-electron chi connectivity index (χ3n) is 3.44. The maximum Gasteiger partial charge on any atom is 0.316 e. The Bertz CT molecular complexity index is 490. The molecule has 1 fully saturated rings. The second-order valence-corrected chi connectivity index (χ2v) is 6.09. The van der Waals surface area contributed by atoms with Crippen molar-refractivity contribution in [2.24, 2.45) is 11.3 Å². The second-order valence-electron chi connectivity index (χ2n) is 5.18. The van der Waals surface area contributed by atoms with E-state index in [9.17, 15) is 9.59 Å². The zero-order chi connectivity index (χ0) is 13.5. The molecular weight excluding hydrogens is 296 g/mol. The third kappa shape index (κ3) is 2.09. The van der Waals surface area contributed by atoms with Gasteiger partial charge in [0.05, 0.1) is 5.41 Å². The monoisotopic (exact) mass is 310 g/mol. The van der Waals surface area contributed by atoms with Gasteiger partial charge >= 0.3 is 5.97 Å². The van der Waals surface area contributed by atoms with Gasteiger partial charge in [0.1, 0.15) is 12.0 Å². The van der Waals surface area contributed by atoms with E-state index in [4.69, 9.17) is 4.74 Å². The molecule has 1 saturated heterocycles. The quantitative estimate of drug-likeness (QED) is 0.590. The molecule has 1 aliphatic heterocycles. The van der Waals surface area contributed by atoms with Gasteiger partial charge in [-0.3, -0.25) is 9.59 Å². The van der Waals surface area contributed by atoms with Gasteiger partial charge in [-0.05, 0) is 38.5 Å². The van der Waals surface area contributed by atoms with Gasteiger partial charge in [-0.1, -0.05) is 28.1 Å². The summed E-state index contributed by atoms with van der Waals surface area (Å²) >= 11 is 3.36. The van der Waals surface area contributed by atoms with Crippen LogP contribution in [0.25, 0.3) is 0 Å². The Hall–Kier alpha value is -1.16. The van der Waals surface area contributed by atoms with E-state index >= 15 is 0 Å². The van der Waals surface area contributed by atoms with Crippen molar-refractivity contribution in [3.8, 4) is 0 Å². The molecule has 0 aliphatic carbocycles. The topological polar surface area (TPSA) is 43.4 Å². The molecular formula is C14H15BrO3. The Morgan fingerprint density at radius 3 is 2.28 bits per heavy atom. The molecule has 18 heavy (non-hydrogen) atoms. The molecule has 0 radical (unpaired) electrons. The maximum absolute atomic E-state index is 12.2. The van der Waals surface area contributed by atoms with E-state index in [2.05, 4.69) is 15.9 Å². The molecule has 0 amide bonds. The number of ether oxygens (including phenoxy) is 1. The van der Waals surface area contributed by atoms with Crippen molar-refractivity contribution in [3.05, 3.63) is 34.3 Å². The van der Waals surface area contributed by atoms with E-state index in [0.29, 0.717) is 0 Å². The summed E-state index contributed by atoms with van der Waals surface area (Å²) in [4.78, 5) is 23.9. The lowest BCUT2D eigenvalue weighted by atomic mass is 9.73. The molecule has 1 heterocycles. The smallest absolute Gasteiger partial charge is 0.316 e. The molecule has 2 rings (SSSR count). The lowest BCUT2D eigenvalue weighted by Crippen LogP contribution is -2.46. The van der Waals surface area contributed by atoms with Crippen LogP contribution in [-0.2, 0) is 14.3 Å². The van der Waals surface area contributed by atoms with E-state index in [-0.39, 0.29) is 5.78 Å². The molecule has 2 atom stereocenters. The minimum atomic E-state index is -0.693.